The number of aromatic nitrogens is 2. The van der Waals surface area contributed by atoms with E-state index in [1.807, 2.05) is 118 Å². The number of β-amino-alcohol motifs (C(OH)–C–C–N with tert-alkyl or cyclic N) is 1. The van der Waals surface area contributed by atoms with Gasteiger partial charge in [-0.25, -0.2) is 22.9 Å². The first-order valence-electron chi connectivity index (χ1n) is 27.4. The van der Waals surface area contributed by atoms with Crippen molar-refractivity contribution in [3.05, 3.63) is 142 Å². The first kappa shape index (κ1) is 59.3. The minimum atomic E-state index is -1.65. The van der Waals surface area contributed by atoms with Crippen LogP contribution in [0.25, 0.3) is 21.3 Å². The average Bonchev–Trinajstić information content (AvgIpc) is 4.32. The third-order valence-electron chi connectivity index (χ3n) is 14.7. The largest absolute Gasteiger partial charge is 0.492 e. The van der Waals surface area contributed by atoms with Gasteiger partial charge in [0.2, 0.25) is 17.7 Å². The van der Waals surface area contributed by atoms with E-state index in [1.54, 1.807) is 16.8 Å². The van der Waals surface area contributed by atoms with E-state index < -0.39 is 70.8 Å². The molecule has 0 unspecified atom stereocenters. The highest BCUT2D eigenvalue weighted by Crippen LogP contribution is 2.44. The number of thiazole rings is 1. The van der Waals surface area contributed by atoms with Gasteiger partial charge in [-0.05, 0) is 87.1 Å². The van der Waals surface area contributed by atoms with Crippen molar-refractivity contribution < 1.29 is 51.7 Å². The molecule has 4 amide bonds. The smallest absolute Gasteiger partial charge is 0.410 e. The summed E-state index contributed by atoms with van der Waals surface area (Å²) in [6, 6.07) is 23.8. The van der Waals surface area contributed by atoms with Gasteiger partial charge in [0.25, 0.3) is 0 Å². The molecular formula is C61H74F3N7O8S. The topological polar surface area (TPSA) is 179 Å². The molecule has 0 spiro atoms. The Labute approximate surface area is 470 Å². The summed E-state index contributed by atoms with van der Waals surface area (Å²) in [7, 11) is 0. The van der Waals surface area contributed by atoms with Crippen LogP contribution >= 0.6 is 11.3 Å². The molecule has 428 valence electrons. The Kier molecular flexibility index (Phi) is 19.4. The summed E-state index contributed by atoms with van der Waals surface area (Å²) in [5, 5.41) is 17.3. The number of unbranched alkanes of at least 4 members (excludes halogenated alkanes) is 2. The summed E-state index contributed by atoms with van der Waals surface area (Å²) in [5.74, 6) is -3.17. The fraction of sp³-hybridized carbons (Fsp3) is 0.459. The average molecular weight is 1120 g/mol. The summed E-state index contributed by atoms with van der Waals surface area (Å²) < 4.78 is 65.5. The van der Waals surface area contributed by atoms with E-state index >= 15 is 13.2 Å². The van der Waals surface area contributed by atoms with Crippen LogP contribution in [-0.2, 0) is 43.4 Å². The van der Waals surface area contributed by atoms with Crippen LogP contribution in [0.15, 0.2) is 96.5 Å². The minimum absolute atomic E-state index is 0.0295. The van der Waals surface area contributed by atoms with Gasteiger partial charge in [0, 0.05) is 79.5 Å². The predicted octanol–water partition coefficient (Wildman–Crippen LogP) is 9.98. The molecule has 2 aliphatic heterocycles. The first-order chi connectivity index (χ1) is 38.1. The molecule has 1 fully saturated rings. The Morgan fingerprint density at radius 2 is 1.62 bits per heavy atom. The molecule has 5 atom stereocenters. The van der Waals surface area contributed by atoms with Crippen LogP contribution in [0.1, 0.15) is 107 Å². The van der Waals surface area contributed by atoms with Crippen LogP contribution in [0.4, 0.5) is 18.0 Å². The number of carbonyl (C=O) groups excluding carboxylic acids is 4. The second kappa shape index (κ2) is 26.2. The Bertz CT molecular complexity index is 3060. The summed E-state index contributed by atoms with van der Waals surface area (Å²) in [6.07, 6.45) is 0.761. The van der Waals surface area contributed by atoms with Crippen LogP contribution in [0.3, 0.4) is 0 Å². The van der Waals surface area contributed by atoms with Crippen molar-refractivity contribution >= 4 is 46.1 Å². The van der Waals surface area contributed by atoms with E-state index in [9.17, 15) is 24.3 Å². The number of carbonyl (C=O) groups is 4. The molecule has 1 saturated heterocycles. The second-order valence-electron chi connectivity index (χ2n) is 22.6. The predicted molar refractivity (Wildman–Crippen MR) is 302 cm³/mol. The van der Waals surface area contributed by atoms with Gasteiger partial charge in [-0.3, -0.25) is 19.3 Å². The molecule has 4 aromatic carbocycles. The molecule has 4 heterocycles. The van der Waals surface area contributed by atoms with Gasteiger partial charge >= 0.3 is 6.09 Å². The Morgan fingerprint density at radius 3 is 2.31 bits per heavy atom. The number of H-pyrrole nitrogens is 1. The number of aromatic amines is 1. The number of nitrogens with one attached hydrogen (secondary N) is 3. The standard InChI is InChI=1S/C61H74F3N7O8S/c1-38-28-46-45-18-12-13-19-49(45)67-53(46)54(71(38)36-61(6,7)64)52-47(62)30-44(31-48(52)63)78-27-25-69(59(76)79-34-41-16-10-8-11-17-41)24-14-9-15-26-77-35-51(73)68-56(60(3,4)5)58(75)70-33-43(72)29-50(70)57(74)65-32-40-20-22-42(23-21-40)55-39(2)66-37-80-55/h8,10-13,16-23,30-31,37-38,43,50,54,56,67,72H,9,14-15,24-29,32-36H2,1-7H3,(H,65,74)(H,68,73)/t38-,43-,50+,54-,56-/m1/s1. The number of aliphatic hydroxyl groups is 1. The lowest BCUT2D eigenvalue weighted by atomic mass is 9.85. The van der Waals surface area contributed by atoms with Gasteiger partial charge < -0.3 is 44.7 Å². The molecule has 2 aliphatic rings. The Hall–Kier alpha value is -6.80. The monoisotopic (exact) mass is 1120 g/mol. The maximum absolute atomic E-state index is 16.4. The molecule has 4 N–H and O–H groups in total. The first-order valence-corrected chi connectivity index (χ1v) is 28.3. The SMILES string of the molecule is Cc1ncsc1-c1ccc(CNC(=O)[C@@H]2C[C@@H](O)CN2C(=O)[C@@H](NC(=O)COCCCCCN(CCOc2cc(F)c([C@@H]3c4[nH]c5ccccc5c4C[C@@H](C)N3CC(C)(C)F)c(F)c2)C(=O)OCc2ccccc2)C(C)(C)C)cc1. The van der Waals surface area contributed by atoms with E-state index in [0.29, 0.717) is 31.4 Å². The van der Waals surface area contributed by atoms with Crippen molar-refractivity contribution in [1.29, 1.82) is 0 Å². The van der Waals surface area contributed by atoms with Gasteiger partial charge in [-0.15, -0.1) is 11.3 Å². The number of amides is 4. The van der Waals surface area contributed by atoms with Gasteiger partial charge in [0.15, 0.2) is 0 Å². The normalized spacial score (nSPS) is 18.0. The number of hydrogen-bond acceptors (Lipinski definition) is 11. The maximum Gasteiger partial charge on any atom is 0.410 e. The summed E-state index contributed by atoms with van der Waals surface area (Å²) in [6.45, 7) is 12.4. The molecule has 0 radical (unpaired) electrons. The van der Waals surface area contributed by atoms with Crippen LogP contribution in [0, 0.1) is 24.0 Å². The van der Waals surface area contributed by atoms with Gasteiger partial charge in [-0.1, -0.05) is 93.6 Å². The van der Waals surface area contributed by atoms with E-state index in [0.717, 1.165) is 55.9 Å². The molecule has 0 saturated carbocycles. The zero-order valence-electron chi connectivity index (χ0n) is 46.7. The number of benzene rings is 4. The number of ether oxygens (including phenoxy) is 3. The number of hydrogen-bond donors (Lipinski definition) is 4. The Balaban J connectivity index is 0.824. The van der Waals surface area contributed by atoms with Crippen molar-refractivity contribution in [2.75, 3.05) is 46.0 Å². The van der Waals surface area contributed by atoms with Crippen molar-refractivity contribution in [3.8, 4) is 16.2 Å². The molecule has 19 heteroatoms. The molecular weight excluding hydrogens is 1050 g/mol. The zero-order valence-corrected chi connectivity index (χ0v) is 47.5. The summed E-state index contributed by atoms with van der Waals surface area (Å²) in [4.78, 5) is 67.9. The summed E-state index contributed by atoms with van der Waals surface area (Å²) >= 11 is 1.56. The maximum atomic E-state index is 16.4. The number of alkyl halides is 1. The number of aliphatic hydroxyl groups excluding tert-OH is 1. The summed E-state index contributed by atoms with van der Waals surface area (Å²) in [5.41, 5.74) is 5.20. The number of halogens is 3. The van der Waals surface area contributed by atoms with E-state index in [1.165, 1.54) is 23.6 Å². The fourth-order valence-electron chi connectivity index (χ4n) is 10.6. The van der Waals surface area contributed by atoms with Gasteiger partial charge in [-0.2, -0.15) is 0 Å². The van der Waals surface area contributed by atoms with Crippen molar-refractivity contribution in [1.82, 2.24) is 35.3 Å². The van der Waals surface area contributed by atoms with Crippen LogP contribution in [0.2, 0.25) is 0 Å². The number of aryl methyl sites for hydroxylation is 1. The second-order valence-corrected chi connectivity index (χ2v) is 23.5. The lowest BCUT2D eigenvalue weighted by Gasteiger charge is -2.43. The van der Waals surface area contributed by atoms with E-state index in [-0.39, 0.29) is 82.9 Å². The lowest BCUT2D eigenvalue weighted by molar-refractivity contribution is -0.144. The fourth-order valence-corrected chi connectivity index (χ4v) is 11.4. The molecule has 0 aliphatic carbocycles. The van der Waals surface area contributed by atoms with Crippen LogP contribution < -0.4 is 15.4 Å². The highest BCUT2D eigenvalue weighted by Gasteiger charge is 2.45. The van der Waals surface area contributed by atoms with Crippen molar-refractivity contribution in [2.45, 2.75) is 130 Å². The number of likely N-dealkylation sites (tertiary alicyclic amines) is 1. The molecule has 2 aromatic heterocycles. The van der Waals surface area contributed by atoms with Gasteiger partial charge in [0.1, 0.15) is 55.0 Å². The zero-order chi connectivity index (χ0) is 57.3. The third kappa shape index (κ3) is 14.9. The molecule has 15 nitrogen and oxygen atoms in total. The van der Waals surface area contributed by atoms with Crippen molar-refractivity contribution in [3.63, 3.8) is 0 Å². The Morgan fingerprint density at radius 1 is 0.912 bits per heavy atom. The van der Waals surface area contributed by atoms with E-state index in [2.05, 4.69) is 20.6 Å². The molecule has 80 heavy (non-hydrogen) atoms. The molecule has 0 bridgehead atoms. The van der Waals surface area contributed by atoms with Gasteiger partial charge in [0.05, 0.1) is 34.8 Å². The van der Waals surface area contributed by atoms with Crippen LogP contribution in [-0.4, -0.2) is 129 Å². The van der Waals surface area contributed by atoms with Crippen molar-refractivity contribution in [2.24, 2.45) is 5.41 Å². The molecule has 6 aromatic rings. The highest BCUT2D eigenvalue weighted by atomic mass is 32.1. The van der Waals surface area contributed by atoms with E-state index in [4.69, 9.17) is 14.2 Å². The minimum Gasteiger partial charge on any atom is -0.492 e. The highest BCUT2D eigenvalue weighted by molar-refractivity contribution is 7.13. The third-order valence-corrected chi connectivity index (χ3v) is 15.6. The quantitative estimate of drug-likeness (QED) is 0.0452. The number of nitrogens with zero attached hydrogens (tertiary/aromatic N) is 4. The number of rotatable bonds is 23. The van der Waals surface area contributed by atoms with Crippen LogP contribution in [0.5, 0.6) is 5.75 Å². The lowest BCUT2D eigenvalue weighted by Crippen LogP contribution is -2.58. The number of para-hydroxylation sites is 1. The molecule has 8 rings (SSSR count). The number of fused-ring (bicyclic) bond motifs is 3.